The fourth-order valence-corrected chi connectivity index (χ4v) is 2.08. The normalized spacial score (nSPS) is 11.2. The minimum Gasteiger partial charge on any atom is -0.744 e. The minimum atomic E-state index is -5.08. The maximum atomic E-state index is 10.5. The van der Waals surface area contributed by atoms with Gasteiger partial charge in [0.05, 0.1) is 9.79 Å². The fraction of sp³-hybridized carbons (Fsp3) is 0. The molecule has 0 unspecified atom stereocenters. The molecule has 2 N–H and O–H groups in total. The number of benzene rings is 1. The van der Waals surface area contributed by atoms with Crippen LogP contribution in [0.4, 0.5) is 0 Å². The number of rotatable bonds is 2. The van der Waals surface area contributed by atoms with Gasteiger partial charge in [0.2, 0.25) is 0 Å². The Balaban J connectivity index is 0. The summed E-state index contributed by atoms with van der Waals surface area (Å²) in [5.74, 6) is -2.44. The van der Waals surface area contributed by atoms with Crippen molar-refractivity contribution in [3.63, 3.8) is 0 Å². The fourth-order valence-electron chi connectivity index (χ4n) is 0.939. The molecule has 12 heteroatoms. The SMILES string of the molecule is O=S(=O)([O-])c1cc(O)c(S(=O)(=O)[O-])cc1O.[Rb+].[Rb+]. The average Bonchev–Trinajstić information content (AvgIpc) is 2.04. The summed E-state index contributed by atoms with van der Waals surface area (Å²) in [6.45, 7) is 0. The molecule has 0 aliphatic rings. The molecule has 1 aromatic rings. The van der Waals surface area contributed by atoms with Gasteiger partial charge in [-0.3, -0.25) is 0 Å². The Morgan fingerprint density at radius 2 is 1.00 bits per heavy atom. The van der Waals surface area contributed by atoms with Crippen molar-refractivity contribution in [2.45, 2.75) is 9.79 Å². The zero-order valence-electron chi connectivity index (χ0n) is 9.32. The quantitative estimate of drug-likeness (QED) is 0.340. The number of hydrogen-bond acceptors (Lipinski definition) is 8. The maximum absolute atomic E-state index is 10.5. The van der Waals surface area contributed by atoms with Crippen molar-refractivity contribution in [3.8, 4) is 11.5 Å². The molecule has 90 valence electrons. The first-order valence-corrected chi connectivity index (χ1v) is 6.33. The molecule has 0 atom stereocenters. The summed E-state index contributed by atoms with van der Waals surface area (Å²) in [4.78, 5) is -2.42. The Bertz CT molecular complexity index is 578. The van der Waals surface area contributed by atoms with Crippen LogP contribution in [0.3, 0.4) is 0 Å². The maximum Gasteiger partial charge on any atom is 1.00 e. The molecule has 8 nitrogen and oxygen atoms in total. The van der Waals surface area contributed by atoms with Gasteiger partial charge < -0.3 is 19.3 Å². The van der Waals surface area contributed by atoms with Crippen LogP contribution in [0, 0.1) is 0 Å². The van der Waals surface area contributed by atoms with E-state index in [0.29, 0.717) is 0 Å². The summed E-state index contributed by atoms with van der Waals surface area (Å²) in [7, 11) is -10.2. The van der Waals surface area contributed by atoms with Crippen molar-refractivity contribution in [3.05, 3.63) is 12.1 Å². The van der Waals surface area contributed by atoms with E-state index in [1.165, 1.54) is 0 Å². The molecule has 0 fully saturated rings. The van der Waals surface area contributed by atoms with E-state index in [4.69, 9.17) is 10.2 Å². The van der Waals surface area contributed by atoms with Crippen molar-refractivity contribution >= 4 is 20.2 Å². The van der Waals surface area contributed by atoms with Crippen molar-refractivity contribution in [1.82, 2.24) is 0 Å². The third-order valence-corrected chi connectivity index (χ3v) is 3.31. The van der Waals surface area contributed by atoms with Crippen LogP contribution in [0.25, 0.3) is 0 Å². The van der Waals surface area contributed by atoms with E-state index in [1.54, 1.807) is 0 Å². The molecule has 1 aromatic carbocycles. The van der Waals surface area contributed by atoms with Gasteiger partial charge in [0, 0.05) is 12.1 Å². The summed E-state index contributed by atoms with van der Waals surface area (Å²) >= 11 is 0. The first-order valence-electron chi connectivity index (χ1n) is 3.51. The third-order valence-electron chi connectivity index (χ3n) is 1.58. The van der Waals surface area contributed by atoms with Gasteiger partial charge in [0.15, 0.2) is 0 Å². The second-order valence-corrected chi connectivity index (χ2v) is 5.39. The number of phenols is 2. The molecule has 1 rings (SSSR count). The van der Waals surface area contributed by atoms with Gasteiger partial charge in [0.1, 0.15) is 31.7 Å². The van der Waals surface area contributed by atoms with E-state index >= 15 is 0 Å². The Morgan fingerprint density at radius 1 is 0.778 bits per heavy atom. The molecule has 0 radical (unpaired) electrons. The predicted octanol–water partition coefficient (Wildman–Crippen LogP) is -7.09. The van der Waals surface area contributed by atoms with Gasteiger partial charge >= 0.3 is 116 Å². The monoisotopic (exact) mass is 438 g/mol. The van der Waals surface area contributed by atoms with E-state index in [2.05, 4.69) is 0 Å². The number of phenolic OH excluding ortho intramolecular Hbond substituents is 2. The average molecular weight is 439 g/mol. The van der Waals surface area contributed by atoms with Crippen molar-refractivity contribution in [1.29, 1.82) is 0 Å². The minimum absolute atomic E-state index is 0. The molecular formula is C6H4O8Rb2S2. The van der Waals surface area contributed by atoms with Crippen molar-refractivity contribution in [2.75, 3.05) is 0 Å². The molecule has 0 heterocycles. The molecule has 18 heavy (non-hydrogen) atoms. The van der Waals surface area contributed by atoms with Gasteiger partial charge in [-0.1, -0.05) is 0 Å². The van der Waals surface area contributed by atoms with E-state index in [0.717, 1.165) is 0 Å². The summed E-state index contributed by atoms with van der Waals surface area (Å²) in [6, 6.07) is 0.394. The standard InChI is InChI=1S/C6H6O8S2.2Rb/c7-3-1-5(15(9,10)11)4(8)2-6(3)16(12,13)14;;/h1-2,7-8H,(H,9,10,11)(H,12,13,14);;/q;2*+1/p-2. The van der Waals surface area contributed by atoms with Crippen molar-refractivity contribution in [2.24, 2.45) is 0 Å². The third kappa shape index (κ3) is 5.93. The van der Waals surface area contributed by atoms with Crippen LogP contribution in [-0.4, -0.2) is 36.2 Å². The molecule has 0 bridgehead atoms. The van der Waals surface area contributed by atoms with Gasteiger partial charge in [-0.2, -0.15) is 0 Å². The zero-order chi connectivity index (χ0) is 12.7. The van der Waals surface area contributed by atoms with Crippen LogP contribution < -0.4 is 116 Å². The number of aromatic hydroxyl groups is 2. The largest absolute Gasteiger partial charge is 1.00 e. The van der Waals surface area contributed by atoms with Crippen LogP contribution in [0.2, 0.25) is 0 Å². The van der Waals surface area contributed by atoms with E-state index < -0.39 is 41.5 Å². The van der Waals surface area contributed by atoms with Crippen LogP contribution >= 0.6 is 0 Å². The van der Waals surface area contributed by atoms with E-state index in [9.17, 15) is 25.9 Å². The molecular weight excluding hydrogens is 435 g/mol. The van der Waals surface area contributed by atoms with Crippen LogP contribution in [-0.2, 0) is 20.2 Å². The first kappa shape index (κ1) is 22.5. The molecule has 0 spiro atoms. The zero-order valence-corrected chi connectivity index (χ0v) is 20.8. The van der Waals surface area contributed by atoms with Gasteiger partial charge in [-0.05, 0) is 0 Å². The smallest absolute Gasteiger partial charge is 0.744 e. The predicted molar refractivity (Wildman–Crippen MR) is 45.7 cm³/mol. The van der Waals surface area contributed by atoms with Gasteiger partial charge in [-0.25, -0.2) is 16.8 Å². The second-order valence-electron chi connectivity index (χ2n) is 2.70. The first-order chi connectivity index (χ1) is 7.03. The molecule has 0 aliphatic carbocycles. The Morgan fingerprint density at radius 3 is 1.17 bits per heavy atom. The summed E-state index contributed by atoms with van der Waals surface area (Å²) in [5, 5.41) is 18.0. The summed E-state index contributed by atoms with van der Waals surface area (Å²) < 4.78 is 63.1. The Labute approximate surface area is 201 Å². The molecule has 0 saturated carbocycles. The van der Waals surface area contributed by atoms with Gasteiger partial charge in [0.25, 0.3) is 0 Å². The topological polar surface area (TPSA) is 155 Å². The Kier molecular flexibility index (Phi) is 10.1. The molecule has 0 aromatic heterocycles. The van der Waals surface area contributed by atoms with Crippen LogP contribution in [0.5, 0.6) is 11.5 Å². The van der Waals surface area contributed by atoms with E-state index in [1.807, 2.05) is 0 Å². The second kappa shape index (κ2) is 8.03. The summed E-state index contributed by atoms with van der Waals surface area (Å²) in [5.41, 5.74) is 0. The molecule has 0 aliphatic heterocycles. The molecule has 0 saturated heterocycles. The van der Waals surface area contributed by atoms with Gasteiger partial charge in [-0.15, -0.1) is 0 Å². The number of hydrogen-bond donors (Lipinski definition) is 2. The molecule has 0 amide bonds. The van der Waals surface area contributed by atoms with Crippen LogP contribution in [0.1, 0.15) is 0 Å². The van der Waals surface area contributed by atoms with E-state index in [-0.39, 0.29) is 129 Å². The van der Waals surface area contributed by atoms with Crippen molar-refractivity contribution < 1.29 is 153 Å². The summed E-state index contributed by atoms with van der Waals surface area (Å²) in [6.07, 6.45) is 0. The van der Waals surface area contributed by atoms with Crippen LogP contribution in [0.15, 0.2) is 21.9 Å². The Hall–Kier alpha value is 2.25.